The summed E-state index contributed by atoms with van der Waals surface area (Å²) in [6.07, 6.45) is 2.46. The predicted molar refractivity (Wildman–Crippen MR) is 49.1 cm³/mol. The molecule has 0 radical (unpaired) electrons. The van der Waals surface area contributed by atoms with Gasteiger partial charge in [0.05, 0.1) is 0 Å². The standard InChI is InChI=1S/C9H9O.Sn.3H/c1-2-6-9-8(4-1)5-3-7-10-9;;;;/h1-2,4,6-7H,3,5H2;;;;. The van der Waals surface area contributed by atoms with Gasteiger partial charge in [-0.2, -0.15) is 0 Å². The van der Waals surface area contributed by atoms with Gasteiger partial charge in [-0.3, -0.25) is 0 Å². The third-order valence-corrected chi connectivity index (χ3v) is 4.44. The van der Waals surface area contributed by atoms with E-state index in [9.17, 15) is 0 Å². The Hall–Kier alpha value is -0.181. The van der Waals surface area contributed by atoms with Crippen LogP contribution < -0.4 is 4.74 Å². The molecule has 0 bridgehead atoms. The maximum absolute atomic E-state index is 5.73. The van der Waals surface area contributed by atoms with E-state index in [1.54, 1.807) is 0 Å². The Morgan fingerprint density at radius 2 is 2.18 bits per heavy atom. The van der Waals surface area contributed by atoms with E-state index in [4.69, 9.17) is 4.74 Å². The molecule has 0 aliphatic carbocycles. The van der Waals surface area contributed by atoms with Gasteiger partial charge >= 0.3 is 79.8 Å². The molecule has 1 atom stereocenters. The molecule has 1 aliphatic rings. The summed E-state index contributed by atoms with van der Waals surface area (Å²) < 4.78 is 6.33. The quantitative estimate of drug-likeness (QED) is 0.620. The van der Waals surface area contributed by atoms with Crippen molar-refractivity contribution in [3.63, 3.8) is 0 Å². The molecule has 0 saturated carbocycles. The predicted octanol–water partition coefficient (Wildman–Crippen LogP) is 0.703. The van der Waals surface area contributed by atoms with Gasteiger partial charge in [0, 0.05) is 0 Å². The van der Waals surface area contributed by atoms with E-state index >= 15 is 0 Å². The zero-order valence-electron chi connectivity index (χ0n) is 6.71. The normalized spacial score (nSPS) is 22.4. The Balaban J connectivity index is 2.34. The van der Waals surface area contributed by atoms with Gasteiger partial charge in [-0.05, 0) is 0 Å². The molecule has 1 nitrogen and oxygen atoms in total. The van der Waals surface area contributed by atoms with E-state index in [1.807, 2.05) is 6.07 Å². The summed E-state index contributed by atoms with van der Waals surface area (Å²) in [5.74, 6) is 1.13. The van der Waals surface area contributed by atoms with E-state index in [1.165, 1.54) is 18.4 Å². The summed E-state index contributed by atoms with van der Waals surface area (Å²) in [4.78, 5) is 0. The van der Waals surface area contributed by atoms with Gasteiger partial charge in [-0.15, -0.1) is 0 Å². The number of aryl methyl sites for hydroxylation is 1. The maximum atomic E-state index is 5.73. The molecule has 1 aliphatic heterocycles. The molecule has 0 amide bonds. The summed E-state index contributed by atoms with van der Waals surface area (Å²) in [5.41, 5.74) is 1.39. The second-order valence-corrected chi connectivity index (χ2v) is 6.75. The first-order chi connectivity index (χ1) is 5.36. The number of benzene rings is 1. The van der Waals surface area contributed by atoms with Crippen LogP contribution in [-0.2, 0) is 6.42 Å². The molecular weight excluding hydrogens is 243 g/mol. The van der Waals surface area contributed by atoms with Crippen LogP contribution in [0.25, 0.3) is 0 Å². The van der Waals surface area contributed by atoms with Crippen molar-refractivity contribution in [2.24, 2.45) is 0 Å². The fourth-order valence-corrected chi connectivity index (χ4v) is 3.01. The molecule has 0 spiro atoms. The molecule has 58 valence electrons. The molecule has 0 saturated heterocycles. The van der Waals surface area contributed by atoms with Crippen molar-refractivity contribution in [1.29, 1.82) is 0 Å². The van der Waals surface area contributed by atoms with E-state index in [2.05, 4.69) is 18.2 Å². The minimum atomic E-state index is 0.603. The van der Waals surface area contributed by atoms with Crippen molar-refractivity contribution >= 4 is 22.5 Å². The van der Waals surface area contributed by atoms with E-state index in [-0.39, 0.29) is 0 Å². The van der Waals surface area contributed by atoms with Crippen molar-refractivity contribution in [3.05, 3.63) is 29.8 Å². The first-order valence-corrected chi connectivity index (χ1v) is 7.40. The van der Waals surface area contributed by atoms with Crippen LogP contribution in [0.3, 0.4) is 0 Å². The van der Waals surface area contributed by atoms with Crippen LogP contribution in [0.5, 0.6) is 5.75 Å². The van der Waals surface area contributed by atoms with Crippen molar-refractivity contribution in [2.45, 2.75) is 17.0 Å². The summed E-state index contributed by atoms with van der Waals surface area (Å²) in [5, 5.41) is 0. The third-order valence-electron chi connectivity index (χ3n) is 2.12. The molecule has 0 fully saturated rings. The van der Waals surface area contributed by atoms with E-state index in [0.29, 0.717) is 26.6 Å². The summed E-state index contributed by atoms with van der Waals surface area (Å²) >= 11 is 0.648. The Bertz CT molecular complexity index is 259. The molecule has 1 heterocycles. The Morgan fingerprint density at radius 3 is 3.09 bits per heavy atom. The van der Waals surface area contributed by atoms with Gasteiger partial charge in [0.15, 0.2) is 0 Å². The van der Waals surface area contributed by atoms with Gasteiger partial charge < -0.3 is 0 Å². The van der Waals surface area contributed by atoms with Gasteiger partial charge in [0.2, 0.25) is 0 Å². The van der Waals surface area contributed by atoms with Gasteiger partial charge in [-0.1, -0.05) is 0 Å². The van der Waals surface area contributed by atoms with E-state index in [0.717, 1.165) is 5.75 Å². The summed E-state index contributed by atoms with van der Waals surface area (Å²) in [7, 11) is 0. The first-order valence-electron chi connectivity index (χ1n) is 4.11. The Kier molecular flexibility index (Phi) is 2.07. The average Bonchev–Trinajstić information content (AvgIpc) is 2.04. The molecule has 2 heteroatoms. The van der Waals surface area contributed by atoms with Crippen LogP contribution in [0.1, 0.15) is 12.0 Å². The van der Waals surface area contributed by atoms with Crippen LogP contribution in [0.2, 0.25) is 0 Å². The monoisotopic (exact) mass is 256 g/mol. The van der Waals surface area contributed by atoms with Gasteiger partial charge in [0.1, 0.15) is 0 Å². The second-order valence-electron chi connectivity index (χ2n) is 3.07. The number of para-hydroxylation sites is 1. The third kappa shape index (κ3) is 1.53. The molecule has 0 N–H and O–H groups in total. The first kappa shape index (κ1) is 7.47. The molecule has 1 unspecified atom stereocenters. The average molecular weight is 255 g/mol. The van der Waals surface area contributed by atoms with Crippen molar-refractivity contribution in [2.75, 3.05) is 0 Å². The molecule has 1 aromatic rings. The molecular formula is C9H12OSn. The zero-order valence-corrected chi connectivity index (χ0v) is 12.4. The van der Waals surface area contributed by atoms with Crippen molar-refractivity contribution in [3.8, 4) is 5.75 Å². The SMILES string of the molecule is [SnH3][CH]1CCc2ccccc2O1. The summed E-state index contributed by atoms with van der Waals surface area (Å²) in [6.45, 7) is 0. The Labute approximate surface area is 79.8 Å². The topological polar surface area (TPSA) is 9.23 Å². The second kappa shape index (κ2) is 3.05. The van der Waals surface area contributed by atoms with Crippen LogP contribution in [0.4, 0.5) is 0 Å². The number of hydrogen-bond donors (Lipinski definition) is 0. The fraction of sp³-hybridized carbons (Fsp3) is 0.333. The molecule has 0 aromatic heterocycles. The van der Waals surface area contributed by atoms with Crippen molar-refractivity contribution < 1.29 is 4.74 Å². The molecule has 1 aromatic carbocycles. The zero-order chi connectivity index (χ0) is 7.68. The molecule has 11 heavy (non-hydrogen) atoms. The number of ether oxygens (including phenoxy) is 1. The fourth-order valence-electron chi connectivity index (χ4n) is 1.46. The van der Waals surface area contributed by atoms with Crippen molar-refractivity contribution in [1.82, 2.24) is 0 Å². The van der Waals surface area contributed by atoms with Crippen LogP contribution in [0.15, 0.2) is 24.3 Å². The van der Waals surface area contributed by atoms with Crippen LogP contribution in [-0.4, -0.2) is 26.6 Å². The van der Waals surface area contributed by atoms with E-state index < -0.39 is 0 Å². The van der Waals surface area contributed by atoms with Gasteiger partial charge in [0.25, 0.3) is 0 Å². The van der Waals surface area contributed by atoms with Gasteiger partial charge in [-0.25, -0.2) is 0 Å². The van der Waals surface area contributed by atoms with Crippen LogP contribution >= 0.6 is 0 Å². The Morgan fingerprint density at radius 1 is 1.36 bits per heavy atom. The number of fused-ring (bicyclic) bond motifs is 1. The number of hydrogen-bond acceptors (Lipinski definition) is 1. The summed E-state index contributed by atoms with van der Waals surface area (Å²) in [6, 6.07) is 8.38. The molecule has 2 rings (SSSR count). The minimum absolute atomic E-state index is 0.603. The van der Waals surface area contributed by atoms with Crippen LogP contribution in [0, 0.1) is 0 Å². The number of rotatable bonds is 0.